The molecule has 0 fully saturated rings. The van der Waals surface area contributed by atoms with Crippen molar-refractivity contribution in [2.75, 3.05) is 0 Å². The Morgan fingerprint density at radius 2 is 0.900 bits per heavy atom. The topological polar surface area (TPSA) is 60.7 Å². The summed E-state index contributed by atoms with van der Waals surface area (Å²) in [7, 11) is 0. The third-order valence-electron chi connectivity index (χ3n) is 6.60. The summed E-state index contributed by atoms with van der Waals surface area (Å²) >= 11 is 0. The van der Waals surface area contributed by atoms with E-state index < -0.39 is 0 Å². The van der Waals surface area contributed by atoms with Gasteiger partial charge in [0.15, 0.2) is 0 Å². The zero-order valence-corrected chi connectivity index (χ0v) is 19.1. The summed E-state index contributed by atoms with van der Waals surface area (Å²) in [5.41, 5.74) is 11.1. The first-order chi connectivity index (χ1) is 14.0. The second kappa shape index (κ2) is 8.06. The van der Waals surface area contributed by atoms with Gasteiger partial charge < -0.3 is 15.3 Å². The predicted octanol–water partition coefficient (Wildman–Crippen LogP) is 6.14. The number of phenolic OH excluding ortho intramolecular Hbond substituents is 3. The van der Waals surface area contributed by atoms with Crippen molar-refractivity contribution in [1.82, 2.24) is 0 Å². The molecule has 30 heavy (non-hydrogen) atoms. The average Bonchev–Trinajstić information content (AvgIpc) is 2.68. The molecule has 0 aliphatic carbocycles. The van der Waals surface area contributed by atoms with Gasteiger partial charge in [0, 0.05) is 12.8 Å². The smallest absolute Gasteiger partial charge is 0.122 e. The van der Waals surface area contributed by atoms with Crippen molar-refractivity contribution in [2.24, 2.45) is 0 Å². The van der Waals surface area contributed by atoms with Crippen LogP contribution in [0.2, 0.25) is 0 Å². The van der Waals surface area contributed by atoms with Crippen LogP contribution in [0.5, 0.6) is 17.2 Å². The van der Waals surface area contributed by atoms with Gasteiger partial charge in [-0.2, -0.15) is 0 Å². The first-order valence-electron chi connectivity index (χ1n) is 10.4. The van der Waals surface area contributed by atoms with Gasteiger partial charge in [0.1, 0.15) is 17.2 Å². The van der Waals surface area contributed by atoms with E-state index in [0.29, 0.717) is 30.1 Å². The van der Waals surface area contributed by atoms with Crippen LogP contribution in [0.25, 0.3) is 0 Å². The largest absolute Gasteiger partial charge is 0.508 e. The maximum Gasteiger partial charge on any atom is 0.122 e. The molecule has 0 saturated heterocycles. The Bertz CT molecular complexity index is 1050. The molecule has 3 aromatic carbocycles. The summed E-state index contributed by atoms with van der Waals surface area (Å²) in [6, 6.07) is 7.69. The Kier molecular flexibility index (Phi) is 5.85. The van der Waals surface area contributed by atoms with Gasteiger partial charge in [-0.3, -0.25) is 0 Å². The lowest BCUT2D eigenvalue weighted by molar-refractivity contribution is 0.462. The van der Waals surface area contributed by atoms with Crippen molar-refractivity contribution in [2.45, 2.75) is 61.3 Å². The zero-order valence-electron chi connectivity index (χ0n) is 19.1. The van der Waals surface area contributed by atoms with E-state index in [2.05, 4.69) is 6.92 Å². The molecule has 0 amide bonds. The van der Waals surface area contributed by atoms with Crippen LogP contribution in [0.4, 0.5) is 0 Å². The van der Waals surface area contributed by atoms with E-state index in [0.717, 1.165) is 61.2 Å². The lowest BCUT2D eigenvalue weighted by Crippen LogP contribution is -2.03. The van der Waals surface area contributed by atoms with Crippen LogP contribution in [-0.4, -0.2) is 15.3 Å². The normalized spacial score (nSPS) is 11.2. The van der Waals surface area contributed by atoms with Crippen molar-refractivity contribution in [3.63, 3.8) is 0 Å². The van der Waals surface area contributed by atoms with Crippen molar-refractivity contribution in [3.8, 4) is 17.2 Å². The number of aryl methyl sites for hydroxylation is 3. The second-order valence-electron chi connectivity index (χ2n) is 8.67. The predicted molar refractivity (Wildman–Crippen MR) is 123 cm³/mol. The molecular weight excluding hydrogens is 372 g/mol. The highest BCUT2D eigenvalue weighted by molar-refractivity contribution is 5.55. The van der Waals surface area contributed by atoms with Gasteiger partial charge in [-0.05, 0) is 116 Å². The van der Waals surface area contributed by atoms with E-state index in [4.69, 9.17) is 0 Å². The minimum absolute atomic E-state index is 0.316. The first-order valence-corrected chi connectivity index (χ1v) is 10.4. The second-order valence-corrected chi connectivity index (χ2v) is 8.67. The van der Waals surface area contributed by atoms with E-state index in [1.165, 1.54) is 0 Å². The van der Waals surface area contributed by atoms with Gasteiger partial charge in [0.05, 0.1) is 0 Å². The van der Waals surface area contributed by atoms with E-state index in [9.17, 15) is 15.3 Å². The molecule has 3 nitrogen and oxygen atoms in total. The molecule has 0 heterocycles. The molecular formula is C27H32O3. The van der Waals surface area contributed by atoms with Gasteiger partial charge in [0.2, 0.25) is 0 Å². The van der Waals surface area contributed by atoms with Gasteiger partial charge in [-0.1, -0.05) is 17.7 Å². The Labute approximate surface area is 179 Å². The highest BCUT2D eigenvalue weighted by Gasteiger charge is 2.17. The molecule has 3 rings (SSSR count). The monoisotopic (exact) mass is 404 g/mol. The van der Waals surface area contributed by atoms with Crippen molar-refractivity contribution >= 4 is 0 Å². The first kappa shape index (κ1) is 21.8. The quantitative estimate of drug-likeness (QED) is 0.489. The number of phenols is 3. The SMILES string of the molecule is Cc1cc(Cc2c(C)cc(O)c(C)c2C)c(O)c(Cc2c(C)cc(O)c(C)c2C)c1. The fraction of sp³-hybridized carbons (Fsp3) is 0.333. The molecule has 3 heteroatoms. The molecule has 0 bridgehead atoms. The molecule has 0 aliphatic rings. The number of benzene rings is 3. The number of rotatable bonds is 4. The van der Waals surface area contributed by atoms with Crippen molar-refractivity contribution in [1.29, 1.82) is 0 Å². The summed E-state index contributed by atoms with van der Waals surface area (Å²) in [5.74, 6) is 0.961. The third-order valence-corrected chi connectivity index (χ3v) is 6.60. The molecule has 158 valence electrons. The maximum atomic E-state index is 11.1. The molecule has 0 atom stereocenters. The number of hydrogen-bond donors (Lipinski definition) is 3. The van der Waals surface area contributed by atoms with Crippen LogP contribution in [0.1, 0.15) is 61.2 Å². The molecule has 0 spiro atoms. The lowest BCUT2D eigenvalue weighted by Gasteiger charge is -2.18. The van der Waals surface area contributed by atoms with E-state index in [1.54, 1.807) is 12.1 Å². The molecule has 0 unspecified atom stereocenters. The zero-order chi connectivity index (χ0) is 22.3. The summed E-state index contributed by atoms with van der Waals surface area (Å²) < 4.78 is 0. The highest BCUT2D eigenvalue weighted by atomic mass is 16.3. The maximum absolute atomic E-state index is 11.1. The Balaban J connectivity index is 2.07. The third kappa shape index (κ3) is 3.89. The lowest BCUT2D eigenvalue weighted by atomic mass is 9.88. The minimum atomic E-state index is 0.316. The molecule has 0 aliphatic heterocycles. The summed E-state index contributed by atoms with van der Waals surface area (Å²) in [6.07, 6.45) is 1.23. The van der Waals surface area contributed by atoms with Crippen LogP contribution in [0, 0.1) is 48.5 Å². The number of hydrogen-bond acceptors (Lipinski definition) is 3. The van der Waals surface area contributed by atoms with Crippen LogP contribution >= 0.6 is 0 Å². The number of aromatic hydroxyl groups is 3. The van der Waals surface area contributed by atoms with Crippen molar-refractivity contribution < 1.29 is 15.3 Å². The van der Waals surface area contributed by atoms with Crippen LogP contribution in [0.3, 0.4) is 0 Å². The molecule has 3 aromatic rings. The summed E-state index contributed by atoms with van der Waals surface area (Å²) in [6.45, 7) is 14.0. The molecule has 0 radical (unpaired) electrons. The van der Waals surface area contributed by atoms with E-state index >= 15 is 0 Å². The van der Waals surface area contributed by atoms with Gasteiger partial charge in [-0.25, -0.2) is 0 Å². The highest BCUT2D eigenvalue weighted by Crippen LogP contribution is 2.35. The van der Waals surface area contributed by atoms with Gasteiger partial charge >= 0.3 is 0 Å². The minimum Gasteiger partial charge on any atom is -0.508 e. The summed E-state index contributed by atoms with van der Waals surface area (Å²) in [4.78, 5) is 0. The van der Waals surface area contributed by atoms with Crippen LogP contribution in [-0.2, 0) is 12.8 Å². The molecule has 0 aromatic heterocycles. The molecule has 3 N–H and O–H groups in total. The Morgan fingerprint density at radius 1 is 0.533 bits per heavy atom. The average molecular weight is 405 g/mol. The van der Waals surface area contributed by atoms with E-state index in [1.807, 2.05) is 53.7 Å². The van der Waals surface area contributed by atoms with E-state index in [-0.39, 0.29) is 0 Å². The summed E-state index contributed by atoms with van der Waals surface area (Å²) in [5, 5.41) is 31.4. The Morgan fingerprint density at radius 3 is 1.27 bits per heavy atom. The Hall–Kier alpha value is -2.94. The fourth-order valence-corrected chi connectivity index (χ4v) is 4.36. The fourth-order valence-electron chi connectivity index (χ4n) is 4.36. The van der Waals surface area contributed by atoms with Crippen LogP contribution < -0.4 is 0 Å². The van der Waals surface area contributed by atoms with Crippen LogP contribution in [0.15, 0.2) is 24.3 Å². The van der Waals surface area contributed by atoms with Gasteiger partial charge in [0.25, 0.3) is 0 Å². The van der Waals surface area contributed by atoms with Gasteiger partial charge in [-0.15, -0.1) is 0 Å². The standard InChI is InChI=1S/C27H32O3/c1-14-8-21(12-23-15(2)10-25(28)19(6)17(23)4)27(30)22(9-14)13-24-16(3)11-26(29)20(7)18(24)5/h8-11,28-30H,12-13H2,1-7H3. The molecule has 0 saturated carbocycles. The van der Waals surface area contributed by atoms with Crippen molar-refractivity contribution in [3.05, 3.63) is 85.5 Å².